The van der Waals surface area contributed by atoms with Crippen LogP contribution in [0.5, 0.6) is 0 Å². The SMILES string of the molecule is CC(C)CCCCCCCCCCCCCCCCCCCCC(=O)OC[C@H](COP(=O)(O)OC[C@@H](O)COP(=O)(O)OC[C@@H](COC(=O)CCCCCCCCC(C)C)OC(=O)CCCCCCCCCCCCCC(C)C)OC(=O)CCCCCCCCCCCCCC(C)C. The molecule has 5 atom stereocenters. The second-order valence-corrected chi connectivity index (χ2v) is 33.3. The van der Waals surface area contributed by atoms with Crippen LogP contribution in [0.25, 0.3) is 0 Å². The van der Waals surface area contributed by atoms with Crippen molar-refractivity contribution in [1.82, 2.24) is 0 Å². The number of carbonyl (C=O) groups is 4. The first-order chi connectivity index (χ1) is 47.1. The molecule has 0 saturated heterocycles. The average Bonchev–Trinajstić information content (AvgIpc) is 0.961. The highest BCUT2D eigenvalue weighted by atomic mass is 31.2. The van der Waals surface area contributed by atoms with Gasteiger partial charge in [-0.15, -0.1) is 0 Å². The first kappa shape index (κ1) is 96.1. The van der Waals surface area contributed by atoms with Crippen molar-refractivity contribution < 1.29 is 80.2 Å². The highest BCUT2D eigenvalue weighted by Gasteiger charge is 2.30. The maximum absolute atomic E-state index is 13.1. The van der Waals surface area contributed by atoms with Gasteiger partial charge in [0.25, 0.3) is 0 Å². The van der Waals surface area contributed by atoms with Gasteiger partial charge in [0.05, 0.1) is 26.4 Å². The number of phosphoric ester groups is 2. The zero-order valence-corrected chi connectivity index (χ0v) is 66.2. The third kappa shape index (κ3) is 72.4. The van der Waals surface area contributed by atoms with Gasteiger partial charge in [0.2, 0.25) is 0 Å². The van der Waals surface area contributed by atoms with Gasteiger partial charge in [0.1, 0.15) is 19.3 Å². The maximum Gasteiger partial charge on any atom is 0.472 e. The Morgan fingerprint density at radius 1 is 0.255 bits per heavy atom. The Morgan fingerprint density at radius 2 is 0.429 bits per heavy atom. The Hall–Kier alpha value is -1.94. The van der Waals surface area contributed by atoms with E-state index in [1.54, 1.807) is 0 Å². The van der Waals surface area contributed by atoms with Gasteiger partial charge in [-0.05, 0) is 49.4 Å². The normalized spacial score (nSPS) is 14.1. The van der Waals surface area contributed by atoms with Gasteiger partial charge in [-0.25, -0.2) is 9.13 Å². The summed E-state index contributed by atoms with van der Waals surface area (Å²) in [4.78, 5) is 72.9. The Bertz CT molecular complexity index is 1920. The third-order valence-corrected chi connectivity index (χ3v) is 20.2. The molecule has 2 unspecified atom stereocenters. The lowest BCUT2D eigenvalue weighted by Gasteiger charge is -2.21. The highest BCUT2D eigenvalue weighted by Crippen LogP contribution is 2.45. The molecule has 582 valence electrons. The van der Waals surface area contributed by atoms with Crippen molar-refractivity contribution in [1.29, 1.82) is 0 Å². The van der Waals surface area contributed by atoms with E-state index in [-0.39, 0.29) is 25.7 Å². The van der Waals surface area contributed by atoms with E-state index in [9.17, 15) is 43.2 Å². The summed E-state index contributed by atoms with van der Waals surface area (Å²) in [7, 11) is -9.92. The van der Waals surface area contributed by atoms with Crippen molar-refractivity contribution in [3.8, 4) is 0 Å². The number of ether oxygens (including phenoxy) is 4. The third-order valence-electron chi connectivity index (χ3n) is 18.3. The molecule has 0 fully saturated rings. The van der Waals surface area contributed by atoms with E-state index in [1.807, 2.05) is 0 Å². The smallest absolute Gasteiger partial charge is 0.462 e. The minimum Gasteiger partial charge on any atom is -0.462 e. The molecule has 98 heavy (non-hydrogen) atoms. The van der Waals surface area contributed by atoms with Crippen LogP contribution in [0.3, 0.4) is 0 Å². The lowest BCUT2D eigenvalue weighted by atomic mass is 10.0. The number of aliphatic hydroxyl groups is 1. The summed E-state index contributed by atoms with van der Waals surface area (Å²) in [6.45, 7) is 14.2. The zero-order chi connectivity index (χ0) is 72.4. The van der Waals surface area contributed by atoms with Crippen molar-refractivity contribution in [2.45, 2.75) is 420 Å². The summed E-state index contributed by atoms with van der Waals surface area (Å²) >= 11 is 0. The lowest BCUT2D eigenvalue weighted by Crippen LogP contribution is -2.30. The quantitative estimate of drug-likeness (QED) is 0.0222. The molecular formula is C79H154O17P2. The van der Waals surface area contributed by atoms with Gasteiger partial charge in [-0.3, -0.25) is 37.3 Å². The number of carbonyl (C=O) groups excluding carboxylic acids is 4. The van der Waals surface area contributed by atoms with Crippen LogP contribution in [0.15, 0.2) is 0 Å². The maximum atomic E-state index is 13.1. The Labute approximate surface area is 600 Å². The number of phosphoric acid groups is 2. The van der Waals surface area contributed by atoms with E-state index in [0.717, 1.165) is 114 Å². The largest absolute Gasteiger partial charge is 0.472 e. The van der Waals surface area contributed by atoms with Crippen molar-refractivity contribution in [3.63, 3.8) is 0 Å². The summed E-state index contributed by atoms with van der Waals surface area (Å²) in [5.74, 6) is 0.914. The second-order valence-electron chi connectivity index (χ2n) is 30.4. The molecule has 0 aromatic carbocycles. The van der Waals surface area contributed by atoms with Crippen LogP contribution in [0, 0.1) is 23.7 Å². The second kappa shape index (κ2) is 68.2. The number of hydrogen-bond donors (Lipinski definition) is 3. The average molecular weight is 1440 g/mol. The predicted octanol–water partition coefficient (Wildman–Crippen LogP) is 23.2. The fourth-order valence-corrected chi connectivity index (χ4v) is 13.7. The van der Waals surface area contributed by atoms with Crippen molar-refractivity contribution in [2.75, 3.05) is 39.6 Å². The van der Waals surface area contributed by atoms with Crippen molar-refractivity contribution >= 4 is 39.5 Å². The number of esters is 4. The molecular weight excluding hydrogens is 1280 g/mol. The summed E-state index contributed by atoms with van der Waals surface area (Å²) in [6.07, 6.45) is 54.4. The van der Waals surface area contributed by atoms with Crippen LogP contribution in [0.2, 0.25) is 0 Å². The van der Waals surface area contributed by atoms with Crippen LogP contribution < -0.4 is 0 Å². The zero-order valence-electron chi connectivity index (χ0n) is 64.4. The van der Waals surface area contributed by atoms with Crippen LogP contribution in [-0.2, 0) is 65.4 Å². The number of rotatable bonds is 76. The van der Waals surface area contributed by atoms with Crippen molar-refractivity contribution in [2.24, 2.45) is 23.7 Å². The molecule has 0 radical (unpaired) electrons. The first-order valence-electron chi connectivity index (χ1n) is 40.7. The molecule has 3 N–H and O–H groups in total. The molecule has 0 aliphatic heterocycles. The summed E-state index contributed by atoms with van der Waals surface area (Å²) < 4.78 is 68.6. The van der Waals surface area contributed by atoms with Gasteiger partial charge in [0, 0.05) is 25.7 Å². The molecule has 19 heteroatoms. The minimum atomic E-state index is -4.96. The molecule has 0 bridgehead atoms. The fourth-order valence-electron chi connectivity index (χ4n) is 12.1. The van der Waals surface area contributed by atoms with Gasteiger partial charge >= 0.3 is 39.5 Å². The van der Waals surface area contributed by atoms with Gasteiger partial charge in [-0.2, -0.15) is 0 Å². The number of aliphatic hydroxyl groups excluding tert-OH is 1. The van der Waals surface area contributed by atoms with Gasteiger partial charge < -0.3 is 33.8 Å². The molecule has 0 rings (SSSR count). The van der Waals surface area contributed by atoms with E-state index >= 15 is 0 Å². The first-order valence-corrected chi connectivity index (χ1v) is 43.7. The lowest BCUT2D eigenvalue weighted by molar-refractivity contribution is -0.161. The Kier molecular flexibility index (Phi) is 66.8. The molecule has 17 nitrogen and oxygen atoms in total. The van der Waals surface area contributed by atoms with Crippen LogP contribution in [0.1, 0.15) is 402 Å². The van der Waals surface area contributed by atoms with Crippen molar-refractivity contribution in [3.05, 3.63) is 0 Å². The molecule has 0 heterocycles. The standard InChI is InChI=1S/C79H154O17P2/c1-69(2)55-47-39-31-25-19-15-13-11-9-10-12-14-16-22-28-34-43-51-59-76(81)89-65-74(95-78(83)61-53-45-35-29-23-17-20-26-32-40-48-56-70(3)4)67-93-97(85,86)91-63-73(80)64-92-98(87,88)94-68-75(66-90-77(82)60-52-44-38-37-42-50-58-72(7)8)96-79(84)62-54-46-36-30-24-18-21-27-33-41-49-57-71(5)6/h69-75,80H,9-68H2,1-8H3,(H,85,86)(H,87,88)/t73-,74-,75-/m1/s1. The molecule has 0 aromatic heterocycles. The molecule has 0 saturated carbocycles. The van der Waals surface area contributed by atoms with Gasteiger partial charge in [0.15, 0.2) is 12.2 Å². The van der Waals surface area contributed by atoms with Gasteiger partial charge in [-0.1, -0.05) is 351 Å². The molecule has 0 spiro atoms. The van der Waals surface area contributed by atoms with Crippen LogP contribution in [-0.4, -0.2) is 96.7 Å². The molecule has 0 aromatic rings. The Balaban J connectivity index is 5.19. The fraction of sp³-hybridized carbons (Fsp3) is 0.949. The summed E-state index contributed by atoms with van der Waals surface area (Å²) in [5, 5.41) is 10.6. The van der Waals surface area contributed by atoms with E-state index in [4.69, 9.17) is 37.0 Å². The topological polar surface area (TPSA) is 237 Å². The minimum absolute atomic E-state index is 0.105. The molecule has 0 amide bonds. The Morgan fingerprint density at radius 3 is 0.633 bits per heavy atom. The number of unbranched alkanes of at least 4 members (excludes halogenated alkanes) is 42. The summed E-state index contributed by atoms with van der Waals surface area (Å²) in [5.41, 5.74) is 0. The van der Waals surface area contributed by atoms with E-state index in [0.29, 0.717) is 31.6 Å². The molecule has 0 aliphatic carbocycles. The molecule has 0 aliphatic rings. The van der Waals surface area contributed by atoms with E-state index < -0.39 is 97.5 Å². The van der Waals surface area contributed by atoms with E-state index in [2.05, 4.69) is 55.4 Å². The predicted molar refractivity (Wildman–Crippen MR) is 400 cm³/mol. The van der Waals surface area contributed by atoms with Crippen LogP contribution >= 0.6 is 15.6 Å². The monoisotopic (exact) mass is 1440 g/mol. The highest BCUT2D eigenvalue weighted by molar-refractivity contribution is 7.47. The number of hydrogen-bond acceptors (Lipinski definition) is 15. The van der Waals surface area contributed by atoms with E-state index in [1.165, 1.54) is 199 Å². The summed E-state index contributed by atoms with van der Waals surface area (Å²) in [6, 6.07) is 0. The van der Waals surface area contributed by atoms with Crippen LogP contribution in [0.4, 0.5) is 0 Å².